The van der Waals surface area contributed by atoms with Crippen LogP contribution in [0.3, 0.4) is 0 Å². The Morgan fingerprint density at radius 3 is 2.74 bits per heavy atom. The Balaban J connectivity index is 1.66. The van der Waals surface area contributed by atoms with E-state index in [1.165, 1.54) is 0 Å². The van der Waals surface area contributed by atoms with Crippen molar-refractivity contribution in [3.05, 3.63) is 94.3 Å². The quantitative estimate of drug-likeness (QED) is 0.598. The molecule has 1 N–H and O–H groups in total. The average Bonchev–Trinajstić information content (AvgIpc) is 3.17. The molecule has 0 fully saturated rings. The Bertz CT molecular complexity index is 1100. The molecule has 1 amide bonds. The highest BCUT2D eigenvalue weighted by atomic mass is 35.5. The minimum absolute atomic E-state index is 0.00536. The number of carboxylic acids is 1. The number of hydrogen-bond acceptors (Lipinski definition) is 4. The molecule has 0 aliphatic carbocycles. The summed E-state index contributed by atoms with van der Waals surface area (Å²) in [5.41, 5.74) is 3.71. The van der Waals surface area contributed by atoms with Gasteiger partial charge in [0.05, 0.1) is 6.04 Å². The van der Waals surface area contributed by atoms with E-state index in [-0.39, 0.29) is 5.91 Å². The highest BCUT2D eigenvalue weighted by molar-refractivity contribution is 6.30. The smallest absolute Gasteiger partial charge is 0.341 e. The van der Waals surface area contributed by atoms with Crippen molar-refractivity contribution in [1.29, 1.82) is 0 Å². The first-order valence-corrected chi connectivity index (χ1v) is 10.3. The van der Waals surface area contributed by atoms with Crippen LogP contribution in [0.5, 0.6) is 5.75 Å². The van der Waals surface area contributed by atoms with Crippen molar-refractivity contribution >= 4 is 23.5 Å². The predicted octanol–water partition coefficient (Wildman–Crippen LogP) is 4.26. The van der Waals surface area contributed by atoms with E-state index < -0.39 is 18.6 Å². The molecule has 1 unspecified atom stereocenters. The van der Waals surface area contributed by atoms with E-state index in [0.29, 0.717) is 35.7 Å². The number of aliphatic carboxylic acids is 1. The molecular weight excluding hydrogens is 416 g/mol. The topological polar surface area (TPSA) is 79.7 Å². The molecule has 1 atom stereocenters. The number of hydrogen-bond donors (Lipinski definition) is 1. The molecule has 6 nitrogen and oxygen atoms in total. The number of amides is 1. The van der Waals surface area contributed by atoms with E-state index in [1.807, 2.05) is 36.4 Å². The molecule has 31 heavy (non-hydrogen) atoms. The Morgan fingerprint density at radius 2 is 1.97 bits per heavy atom. The van der Waals surface area contributed by atoms with Gasteiger partial charge < -0.3 is 14.7 Å². The molecular formula is C24H21ClN2O4. The van der Waals surface area contributed by atoms with Gasteiger partial charge in [0.2, 0.25) is 5.91 Å². The number of aryl methyl sites for hydroxylation is 1. The van der Waals surface area contributed by atoms with Crippen LogP contribution in [0.25, 0.3) is 0 Å². The molecule has 1 aliphatic heterocycles. The summed E-state index contributed by atoms with van der Waals surface area (Å²) >= 11 is 6.27. The van der Waals surface area contributed by atoms with E-state index >= 15 is 0 Å². The summed E-state index contributed by atoms with van der Waals surface area (Å²) in [5, 5.41) is 9.53. The van der Waals surface area contributed by atoms with E-state index in [1.54, 1.807) is 35.5 Å². The summed E-state index contributed by atoms with van der Waals surface area (Å²) < 4.78 is 5.53. The summed E-state index contributed by atoms with van der Waals surface area (Å²) in [6.45, 7) is -0.00441. The maximum atomic E-state index is 13.3. The second-order valence-corrected chi connectivity index (χ2v) is 7.79. The molecule has 0 saturated carbocycles. The zero-order valence-electron chi connectivity index (χ0n) is 16.7. The van der Waals surface area contributed by atoms with E-state index in [0.717, 1.165) is 16.7 Å². The minimum Gasteiger partial charge on any atom is -0.482 e. The van der Waals surface area contributed by atoms with Crippen LogP contribution >= 0.6 is 11.6 Å². The first-order chi connectivity index (χ1) is 15.0. The van der Waals surface area contributed by atoms with Gasteiger partial charge in [-0.1, -0.05) is 41.9 Å². The first-order valence-electron chi connectivity index (χ1n) is 9.93. The molecule has 4 rings (SSSR count). The second-order valence-electron chi connectivity index (χ2n) is 7.35. The van der Waals surface area contributed by atoms with Crippen LogP contribution in [0.15, 0.2) is 67.0 Å². The highest BCUT2D eigenvalue weighted by Gasteiger charge is 2.36. The molecule has 2 heterocycles. The summed E-state index contributed by atoms with van der Waals surface area (Å²) in [6, 6.07) is 16.3. The van der Waals surface area contributed by atoms with Crippen molar-refractivity contribution in [1.82, 2.24) is 9.88 Å². The fourth-order valence-corrected chi connectivity index (χ4v) is 4.08. The molecule has 1 aromatic heterocycles. The summed E-state index contributed by atoms with van der Waals surface area (Å²) in [5.74, 6) is -0.676. The highest BCUT2D eigenvalue weighted by Crippen LogP contribution is 2.43. The van der Waals surface area contributed by atoms with Gasteiger partial charge in [0.25, 0.3) is 0 Å². The van der Waals surface area contributed by atoms with Crippen LogP contribution in [0.1, 0.15) is 34.7 Å². The van der Waals surface area contributed by atoms with E-state index in [4.69, 9.17) is 21.4 Å². The number of halogens is 1. The summed E-state index contributed by atoms with van der Waals surface area (Å²) in [7, 11) is 0. The van der Waals surface area contributed by atoms with Gasteiger partial charge in [-0.25, -0.2) is 4.79 Å². The molecule has 3 aromatic rings. The first kappa shape index (κ1) is 20.9. The number of carboxylic acid groups (broad SMARTS) is 1. The molecule has 1 aliphatic rings. The number of carbonyl (C=O) groups is 2. The van der Waals surface area contributed by atoms with Gasteiger partial charge in [0.1, 0.15) is 5.75 Å². The lowest BCUT2D eigenvalue weighted by atomic mass is 9.97. The number of aromatic nitrogens is 1. The number of rotatable bonds is 7. The number of benzene rings is 2. The largest absolute Gasteiger partial charge is 0.482 e. The van der Waals surface area contributed by atoms with Crippen LogP contribution in [0.4, 0.5) is 0 Å². The van der Waals surface area contributed by atoms with Crippen molar-refractivity contribution in [2.45, 2.75) is 25.4 Å². The summed E-state index contributed by atoms with van der Waals surface area (Å²) in [6.07, 6.45) is 4.39. The molecule has 0 radical (unpaired) electrons. The van der Waals surface area contributed by atoms with Crippen molar-refractivity contribution in [3.8, 4) is 5.75 Å². The molecule has 0 bridgehead atoms. The lowest BCUT2D eigenvalue weighted by Crippen LogP contribution is -2.30. The lowest BCUT2D eigenvalue weighted by Gasteiger charge is -2.27. The normalized spacial score (nSPS) is 14.9. The van der Waals surface area contributed by atoms with Crippen LogP contribution in [0, 0.1) is 0 Å². The van der Waals surface area contributed by atoms with Crippen molar-refractivity contribution in [2.75, 3.05) is 6.61 Å². The number of pyridine rings is 1. The van der Waals surface area contributed by atoms with Gasteiger partial charge in [-0.15, -0.1) is 0 Å². The fourth-order valence-electron chi connectivity index (χ4n) is 3.90. The summed E-state index contributed by atoms with van der Waals surface area (Å²) in [4.78, 5) is 30.2. The zero-order valence-corrected chi connectivity index (χ0v) is 17.5. The standard InChI is InChI=1S/C24H21ClN2O4/c25-18-8-9-21(31-15-23(29)30)20(12-18)24-19-6-2-1-5-17(19)14-27(24)22(28)10-7-16-4-3-11-26-13-16/h1-6,8-9,11-13,24H,7,10,14-15H2,(H,29,30). The van der Waals surface area contributed by atoms with Gasteiger partial charge >= 0.3 is 5.97 Å². The van der Waals surface area contributed by atoms with Crippen molar-refractivity contribution in [2.24, 2.45) is 0 Å². The van der Waals surface area contributed by atoms with Crippen LogP contribution in [-0.2, 0) is 22.6 Å². The molecule has 0 spiro atoms. The molecule has 158 valence electrons. The van der Waals surface area contributed by atoms with E-state index in [9.17, 15) is 9.59 Å². The van der Waals surface area contributed by atoms with Crippen LogP contribution in [0.2, 0.25) is 5.02 Å². The fraction of sp³-hybridized carbons (Fsp3) is 0.208. The number of fused-ring (bicyclic) bond motifs is 1. The minimum atomic E-state index is -1.07. The van der Waals surface area contributed by atoms with Crippen molar-refractivity contribution < 1.29 is 19.4 Å². The number of nitrogens with zero attached hydrogens (tertiary/aromatic N) is 2. The van der Waals surface area contributed by atoms with Gasteiger partial charge in [-0.2, -0.15) is 0 Å². The number of carbonyl (C=O) groups excluding carboxylic acids is 1. The maximum Gasteiger partial charge on any atom is 0.341 e. The predicted molar refractivity (Wildman–Crippen MR) is 116 cm³/mol. The molecule has 0 saturated heterocycles. The van der Waals surface area contributed by atoms with Gasteiger partial charge in [0, 0.05) is 35.9 Å². The second kappa shape index (κ2) is 9.18. The molecule has 7 heteroatoms. The van der Waals surface area contributed by atoms with Crippen LogP contribution in [-0.4, -0.2) is 33.5 Å². The third-order valence-electron chi connectivity index (χ3n) is 5.29. The van der Waals surface area contributed by atoms with Crippen molar-refractivity contribution in [3.63, 3.8) is 0 Å². The third kappa shape index (κ3) is 4.70. The molecule has 2 aromatic carbocycles. The number of ether oxygens (including phenoxy) is 1. The van der Waals surface area contributed by atoms with Crippen LogP contribution < -0.4 is 4.74 Å². The Morgan fingerprint density at radius 1 is 1.13 bits per heavy atom. The Kier molecular flexibility index (Phi) is 6.18. The zero-order chi connectivity index (χ0) is 21.8. The Hall–Kier alpha value is -3.38. The Labute approximate surface area is 185 Å². The maximum absolute atomic E-state index is 13.3. The van der Waals surface area contributed by atoms with Gasteiger partial charge in [-0.05, 0) is 47.4 Å². The monoisotopic (exact) mass is 436 g/mol. The SMILES string of the molecule is O=C(O)COc1ccc(Cl)cc1C1c2ccccc2CN1C(=O)CCc1cccnc1. The van der Waals surface area contributed by atoms with Gasteiger partial charge in [-0.3, -0.25) is 9.78 Å². The third-order valence-corrected chi connectivity index (χ3v) is 5.53. The van der Waals surface area contributed by atoms with Gasteiger partial charge in [0.15, 0.2) is 6.61 Å². The lowest BCUT2D eigenvalue weighted by molar-refractivity contribution is -0.139. The van der Waals surface area contributed by atoms with E-state index in [2.05, 4.69) is 4.98 Å². The average molecular weight is 437 g/mol.